The van der Waals surface area contributed by atoms with Gasteiger partial charge in [-0.05, 0) is 137 Å². The van der Waals surface area contributed by atoms with E-state index in [9.17, 15) is 20.1 Å². The first kappa shape index (κ1) is 48.1. The fraction of sp³-hybridized carbons (Fsp3) is 0.746. The second-order valence-electron chi connectivity index (χ2n) is 25.2. The molecule has 2 aromatic rings. The highest BCUT2D eigenvalue weighted by Crippen LogP contribution is 2.84. The number of ether oxygens (including phenoxy) is 4. The smallest absolute Gasteiger partial charge is 0.339 e. The number of fused-ring (bicyclic) bond motifs is 1. The Hall–Kier alpha value is -3.61. The summed E-state index contributed by atoms with van der Waals surface area (Å²) in [6.45, 7) is 5.66. The van der Waals surface area contributed by atoms with Gasteiger partial charge < -0.3 is 49.3 Å². The highest BCUT2D eigenvalue weighted by atomic mass is 16.7. The minimum absolute atomic E-state index is 0.00827. The number of carbonyl (C=O) groups is 3. The van der Waals surface area contributed by atoms with E-state index in [1.807, 2.05) is 12.1 Å². The van der Waals surface area contributed by atoms with Gasteiger partial charge in [-0.1, -0.05) is 68.4 Å². The third-order valence-corrected chi connectivity index (χ3v) is 22.7. The second kappa shape index (κ2) is 17.5. The lowest BCUT2D eigenvalue weighted by Crippen LogP contribution is -2.81. The fourth-order valence-electron chi connectivity index (χ4n) is 19.6. The normalized spacial score (nSPS) is 47.0. The minimum Gasteiger partial charge on any atom is -0.469 e. The number of hydrogen-bond acceptors (Lipinski definition) is 13. The Morgan fingerprint density at radius 3 is 2.50 bits per heavy atom. The summed E-state index contributed by atoms with van der Waals surface area (Å²) in [7, 11) is 0. The van der Waals surface area contributed by atoms with Crippen LogP contribution in [0.2, 0.25) is 0 Å². The third kappa shape index (κ3) is 6.47. The Morgan fingerprint density at radius 1 is 0.931 bits per heavy atom. The van der Waals surface area contributed by atoms with Crippen LogP contribution in [0.15, 0.2) is 47.1 Å². The summed E-state index contributed by atoms with van der Waals surface area (Å²) in [6.07, 6.45) is 11.0. The Kier molecular flexibility index (Phi) is 11.7. The van der Waals surface area contributed by atoms with Crippen LogP contribution in [0.5, 0.6) is 0 Å². The molecule has 13 nitrogen and oxygen atoms in total. The molecule has 388 valence electrons. The number of cyclic esters (lactones) is 1. The van der Waals surface area contributed by atoms with Crippen LogP contribution < -0.4 is 10.6 Å². The Balaban J connectivity index is 0.964. The number of esters is 2. The maximum Gasteiger partial charge on any atom is 0.339 e. The molecular weight excluding hydrogens is 913 g/mol. The van der Waals surface area contributed by atoms with Crippen LogP contribution in [-0.2, 0) is 51.8 Å². The largest absolute Gasteiger partial charge is 0.469 e. The molecule has 5 aliphatic heterocycles. The zero-order valence-corrected chi connectivity index (χ0v) is 42.3. The van der Waals surface area contributed by atoms with Crippen molar-refractivity contribution in [1.82, 2.24) is 10.6 Å². The van der Waals surface area contributed by atoms with Gasteiger partial charge in [-0.25, -0.2) is 4.79 Å². The highest BCUT2D eigenvalue weighted by Gasteiger charge is 2.95. The molecular formula is C59H76N2O11. The molecule has 6 heterocycles. The van der Waals surface area contributed by atoms with Crippen molar-refractivity contribution < 1.29 is 53.1 Å². The van der Waals surface area contributed by atoms with E-state index in [2.05, 4.69) is 60.6 Å². The number of aliphatic hydroxyl groups excluding tert-OH is 3. The van der Waals surface area contributed by atoms with E-state index in [-0.39, 0.29) is 73.3 Å². The zero-order valence-electron chi connectivity index (χ0n) is 42.3. The van der Waals surface area contributed by atoms with Crippen LogP contribution in [0, 0.1) is 81.3 Å². The molecule has 5 N–H and O–H groups in total. The number of ketones is 1. The number of Topliss-reactive ketones (excluding diaryl/α,β-unsaturated/α-hetero) is 1. The molecule has 6 aliphatic carbocycles. The molecule has 10 fully saturated rings. The lowest BCUT2D eigenvalue weighted by molar-refractivity contribution is -0.295. The number of benzene rings is 1. The standard InChI is InChI=1S/C59H76N2O11/c1-54-24-21-46-56-32-69-48(64)29-47(56)70-55(2,39-13-7-4-8-14-39)50(56)49(65)51(66)58(46)42-27-35(26-34-10-5-3-6-11-34)15-16-37(42)12-9-23-57(54,72-53(67)52-59(54,58)71-52)41-22-25-68-45(41)28-40(44(63)31-62)36-17-19-38(20-18-36)43-30-60-33-61-43/h3,5-6,10-11,22,25,35-40,42-44,46-47,50-52,60-63,66H,4,7-8,13-21,23-24,26-33H2,1-2H3. The highest BCUT2D eigenvalue weighted by molar-refractivity contribution is 5.92. The molecule has 5 saturated heterocycles. The summed E-state index contributed by atoms with van der Waals surface area (Å²) in [6, 6.07) is 12.9. The molecule has 13 heteroatoms. The topological polar surface area (TPSA) is 189 Å². The van der Waals surface area contributed by atoms with Crippen molar-refractivity contribution in [2.75, 3.05) is 26.4 Å². The van der Waals surface area contributed by atoms with Gasteiger partial charge in [0.25, 0.3) is 0 Å². The summed E-state index contributed by atoms with van der Waals surface area (Å²) in [4.78, 5) is 45.5. The van der Waals surface area contributed by atoms with Gasteiger partial charge >= 0.3 is 11.9 Å². The van der Waals surface area contributed by atoms with Gasteiger partial charge in [0.05, 0.1) is 49.4 Å². The predicted molar refractivity (Wildman–Crippen MR) is 262 cm³/mol. The molecule has 0 radical (unpaired) electrons. The lowest BCUT2D eigenvalue weighted by atomic mass is 9.31. The SMILES string of the molecule is CC1(C2CCCCC2)OC2CC(=O)OCC23C1C(=O)C(O)C12C4CC(Cc5ccccc5)CCC4C#CCC4(c5ccoc5CC(C(O)CO)C5CCC(C6CNCN6)CC5)OC(=O)C5OC51C4(C)CCC32. The van der Waals surface area contributed by atoms with E-state index in [1.165, 1.54) is 5.56 Å². The summed E-state index contributed by atoms with van der Waals surface area (Å²) in [5, 5.41) is 43.4. The first-order chi connectivity index (χ1) is 34.9. The summed E-state index contributed by atoms with van der Waals surface area (Å²) >= 11 is 0. The van der Waals surface area contributed by atoms with Crippen LogP contribution in [0.3, 0.4) is 0 Å². The molecule has 17 unspecified atom stereocenters. The van der Waals surface area contributed by atoms with E-state index in [0.29, 0.717) is 49.0 Å². The molecule has 5 saturated carbocycles. The Bertz CT molecular complexity index is 2500. The molecule has 4 bridgehead atoms. The van der Waals surface area contributed by atoms with Gasteiger partial charge in [-0.3, -0.25) is 9.59 Å². The van der Waals surface area contributed by atoms with Crippen molar-refractivity contribution in [3.05, 3.63) is 59.5 Å². The number of carbonyl (C=O) groups excluding carboxylic acids is 3. The van der Waals surface area contributed by atoms with Crippen LogP contribution in [0.25, 0.3) is 0 Å². The van der Waals surface area contributed by atoms with Crippen molar-refractivity contribution in [2.45, 2.75) is 177 Å². The third-order valence-electron chi connectivity index (χ3n) is 22.7. The fourth-order valence-corrected chi connectivity index (χ4v) is 19.6. The number of epoxide rings is 1. The van der Waals surface area contributed by atoms with Gasteiger partial charge in [0, 0.05) is 53.4 Å². The lowest BCUT2D eigenvalue weighted by Gasteiger charge is -2.71. The van der Waals surface area contributed by atoms with Crippen molar-refractivity contribution in [2.24, 2.45) is 69.5 Å². The van der Waals surface area contributed by atoms with Crippen LogP contribution in [0.4, 0.5) is 0 Å². The number of hydrogen-bond donors (Lipinski definition) is 5. The minimum atomic E-state index is -1.53. The van der Waals surface area contributed by atoms with E-state index in [1.54, 1.807) is 6.26 Å². The Morgan fingerprint density at radius 2 is 1.74 bits per heavy atom. The molecule has 72 heavy (non-hydrogen) atoms. The van der Waals surface area contributed by atoms with Crippen molar-refractivity contribution in [3.63, 3.8) is 0 Å². The van der Waals surface area contributed by atoms with E-state index < -0.39 is 75.3 Å². The molecule has 17 atom stereocenters. The summed E-state index contributed by atoms with van der Waals surface area (Å²) in [5.41, 5.74) is -5.24. The number of nitrogens with one attached hydrogen (secondary N) is 2. The zero-order chi connectivity index (χ0) is 49.4. The maximum atomic E-state index is 16.5. The van der Waals surface area contributed by atoms with Crippen molar-refractivity contribution in [1.29, 1.82) is 0 Å². The van der Waals surface area contributed by atoms with Crippen LogP contribution in [0.1, 0.15) is 133 Å². The number of furan rings is 1. The number of rotatable bonds is 10. The summed E-state index contributed by atoms with van der Waals surface area (Å²) in [5.74, 6) is 5.78. The van der Waals surface area contributed by atoms with Crippen LogP contribution >= 0.6 is 0 Å². The van der Waals surface area contributed by atoms with Gasteiger partial charge in [0.15, 0.2) is 17.5 Å². The van der Waals surface area contributed by atoms with Gasteiger partial charge in [-0.15, -0.1) is 0 Å². The molecule has 3 spiro atoms. The first-order valence-corrected chi connectivity index (χ1v) is 28.1. The molecule has 1 aromatic carbocycles. The predicted octanol–water partition coefficient (Wildman–Crippen LogP) is 6.32. The van der Waals surface area contributed by atoms with Crippen molar-refractivity contribution in [3.8, 4) is 11.8 Å². The molecule has 1 aromatic heterocycles. The van der Waals surface area contributed by atoms with E-state index in [4.69, 9.17) is 23.4 Å². The quantitative estimate of drug-likeness (QED) is 0.101. The second-order valence-corrected chi connectivity index (χ2v) is 25.2. The monoisotopic (exact) mass is 989 g/mol. The average molecular weight is 989 g/mol. The number of aliphatic hydroxyl groups is 3. The van der Waals surface area contributed by atoms with Crippen LogP contribution in [-0.4, -0.2) is 101 Å². The van der Waals surface area contributed by atoms with Gasteiger partial charge in [0.1, 0.15) is 24.1 Å². The average Bonchev–Trinajstić information content (AvgIpc) is 3.65. The van der Waals surface area contributed by atoms with Gasteiger partial charge in [0.2, 0.25) is 0 Å². The summed E-state index contributed by atoms with van der Waals surface area (Å²) < 4.78 is 34.6. The van der Waals surface area contributed by atoms with E-state index >= 15 is 9.59 Å². The molecule has 13 rings (SSSR count). The first-order valence-electron chi connectivity index (χ1n) is 28.1. The van der Waals surface area contributed by atoms with Crippen molar-refractivity contribution >= 4 is 17.7 Å². The van der Waals surface area contributed by atoms with Gasteiger partial charge in [-0.2, -0.15) is 0 Å². The molecule has 0 amide bonds. The molecule has 11 aliphatic rings. The Labute approximate surface area is 424 Å². The van der Waals surface area contributed by atoms with E-state index in [0.717, 1.165) is 90.3 Å². The maximum absolute atomic E-state index is 16.5.